The van der Waals surface area contributed by atoms with E-state index in [2.05, 4.69) is 48.1 Å². The van der Waals surface area contributed by atoms with E-state index in [4.69, 9.17) is 4.98 Å². The van der Waals surface area contributed by atoms with E-state index in [9.17, 15) is 4.79 Å². The summed E-state index contributed by atoms with van der Waals surface area (Å²) in [4.78, 5) is 20.7. The SMILES string of the molecule is Cc1nc2c(cnn2C(C)C)cc1C(=O)N(C1CC1)C1CCCc2ccccc21. The van der Waals surface area contributed by atoms with Crippen molar-refractivity contribution >= 4 is 16.9 Å². The highest BCUT2D eigenvalue weighted by molar-refractivity contribution is 5.98. The molecule has 0 N–H and O–H groups in total. The molecule has 0 saturated heterocycles. The van der Waals surface area contributed by atoms with Gasteiger partial charge in [0.2, 0.25) is 0 Å². The summed E-state index contributed by atoms with van der Waals surface area (Å²) in [6.45, 7) is 6.14. The number of nitrogens with zero attached hydrogens (tertiary/aromatic N) is 4. The van der Waals surface area contributed by atoms with Crippen LogP contribution in [0, 0.1) is 6.92 Å². The monoisotopic (exact) mass is 388 g/mol. The lowest BCUT2D eigenvalue weighted by molar-refractivity contribution is 0.0637. The molecular weight excluding hydrogens is 360 g/mol. The summed E-state index contributed by atoms with van der Waals surface area (Å²) in [5, 5.41) is 5.41. The summed E-state index contributed by atoms with van der Waals surface area (Å²) in [6, 6.07) is 11.4. The van der Waals surface area contributed by atoms with Gasteiger partial charge < -0.3 is 4.90 Å². The normalized spacial score (nSPS) is 18.8. The standard InChI is InChI=1S/C24H28N4O/c1-15(2)28-23-18(14-25-28)13-21(16(3)26-23)24(29)27(19-11-12-19)22-10-6-8-17-7-4-5-9-20(17)22/h4-5,7,9,13-15,19,22H,6,8,10-12H2,1-3H3. The van der Waals surface area contributed by atoms with Gasteiger partial charge in [-0.15, -0.1) is 0 Å². The van der Waals surface area contributed by atoms with E-state index in [1.165, 1.54) is 11.1 Å². The highest BCUT2D eigenvalue weighted by Gasteiger charge is 2.40. The second-order valence-corrected chi connectivity index (χ2v) is 8.77. The van der Waals surface area contributed by atoms with Gasteiger partial charge in [-0.3, -0.25) is 4.79 Å². The Morgan fingerprint density at radius 3 is 2.76 bits per heavy atom. The Labute approximate surface area is 171 Å². The predicted octanol–water partition coefficient (Wildman–Crippen LogP) is 5.00. The lowest BCUT2D eigenvalue weighted by Gasteiger charge is -2.36. The Hall–Kier alpha value is -2.69. The van der Waals surface area contributed by atoms with E-state index in [0.717, 1.165) is 54.4 Å². The van der Waals surface area contributed by atoms with Crippen molar-refractivity contribution in [3.63, 3.8) is 0 Å². The Kier molecular flexibility index (Phi) is 4.41. The van der Waals surface area contributed by atoms with Crippen molar-refractivity contribution in [1.29, 1.82) is 0 Å². The number of amides is 1. The highest BCUT2D eigenvalue weighted by Crippen LogP contribution is 2.42. The number of carbonyl (C=O) groups is 1. The largest absolute Gasteiger partial charge is 0.329 e. The van der Waals surface area contributed by atoms with Crippen molar-refractivity contribution < 1.29 is 4.79 Å². The molecule has 5 nitrogen and oxygen atoms in total. The third-order valence-corrected chi connectivity index (χ3v) is 6.33. The number of aryl methyl sites for hydroxylation is 2. The fourth-order valence-electron chi connectivity index (χ4n) is 4.73. The first-order valence-corrected chi connectivity index (χ1v) is 10.8. The molecule has 1 unspecified atom stereocenters. The maximum atomic E-state index is 13.8. The first-order valence-electron chi connectivity index (χ1n) is 10.8. The van der Waals surface area contributed by atoms with Crippen LogP contribution in [0.4, 0.5) is 0 Å². The molecule has 2 aliphatic carbocycles. The molecule has 5 heteroatoms. The van der Waals surface area contributed by atoms with Crippen molar-refractivity contribution in [2.24, 2.45) is 0 Å². The summed E-state index contributed by atoms with van der Waals surface area (Å²) >= 11 is 0. The van der Waals surface area contributed by atoms with E-state index in [0.29, 0.717) is 6.04 Å². The average Bonchev–Trinajstić information content (AvgIpc) is 3.46. The number of hydrogen-bond acceptors (Lipinski definition) is 3. The minimum atomic E-state index is 0.124. The van der Waals surface area contributed by atoms with Crippen molar-refractivity contribution in [3.8, 4) is 0 Å². The number of hydrogen-bond donors (Lipinski definition) is 0. The number of aromatic nitrogens is 3. The molecule has 1 atom stereocenters. The molecule has 29 heavy (non-hydrogen) atoms. The van der Waals surface area contributed by atoms with Gasteiger partial charge >= 0.3 is 0 Å². The van der Waals surface area contributed by atoms with E-state index < -0.39 is 0 Å². The summed E-state index contributed by atoms with van der Waals surface area (Å²) in [6.07, 6.45) is 7.32. The third-order valence-electron chi connectivity index (χ3n) is 6.33. The summed E-state index contributed by atoms with van der Waals surface area (Å²) in [7, 11) is 0. The molecule has 1 aromatic carbocycles. The number of rotatable bonds is 4. The lowest BCUT2D eigenvalue weighted by Crippen LogP contribution is -2.38. The molecule has 2 heterocycles. The van der Waals surface area contributed by atoms with Crippen LogP contribution in [-0.4, -0.2) is 31.6 Å². The molecule has 5 rings (SSSR count). The second kappa shape index (κ2) is 6.97. The molecule has 2 aliphatic rings. The molecule has 150 valence electrons. The molecule has 1 amide bonds. The molecule has 1 fully saturated rings. The van der Waals surface area contributed by atoms with Gasteiger partial charge in [0.05, 0.1) is 23.5 Å². The zero-order chi connectivity index (χ0) is 20.1. The summed E-state index contributed by atoms with van der Waals surface area (Å²) in [5.74, 6) is 0.124. The van der Waals surface area contributed by atoms with Gasteiger partial charge in [-0.1, -0.05) is 24.3 Å². The van der Waals surface area contributed by atoms with Gasteiger partial charge in [0.1, 0.15) is 0 Å². The maximum Gasteiger partial charge on any atom is 0.256 e. The van der Waals surface area contributed by atoms with Gasteiger partial charge in [0.15, 0.2) is 5.65 Å². The summed E-state index contributed by atoms with van der Waals surface area (Å²) < 4.78 is 1.92. The number of pyridine rings is 1. The lowest BCUT2D eigenvalue weighted by atomic mass is 9.86. The first-order chi connectivity index (χ1) is 14.0. The summed E-state index contributed by atoms with van der Waals surface area (Å²) in [5.41, 5.74) is 5.09. The number of fused-ring (bicyclic) bond motifs is 2. The van der Waals surface area contributed by atoms with Crippen LogP contribution in [0.5, 0.6) is 0 Å². The van der Waals surface area contributed by atoms with Crippen LogP contribution in [0.2, 0.25) is 0 Å². The third kappa shape index (κ3) is 3.13. The average molecular weight is 389 g/mol. The van der Waals surface area contributed by atoms with Gasteiger partial charge in [-0.05, 0) is 70.1 Å². The van der Waals surface area contributed by atoms with E-state index in [1.54, 1.807) is 0 Å². The predicted molar refractivity (Wildman–Crippen MR) is 114 cm³/mol. The highest BCUT2D eigenvalue weighted by atomic mass is 16.2. The Morgan fingerprint density at radius 2 is 2.00 bits per heavy atom. The molecule has 1 saturated carbocycles. The van der Waals surface area contributed by atoms with E-state index in [1.807, 2.05) is 23.9 Å². The van der Waals surface area contributed by atoms with Crippen molar-refractivity contribution in [3.05, 3.63) is 58.9 Å². The molecule has 0 spiro atoms. The Morgan fingerprint density at radius 1 is 1.21 bits per heavy atom. The zero-order valence-electron chi connectivity index (χ0n) is 17.4. The smallest absolute Gasteiger partial charge is 0.256 e. The van der Waals surface area contributed by atoms with Crippen LogP contribution >= 0.6 is 0 Å². The van der Waals surface area contributed by atoms with Crippen molar-refractivity contribution in [1.82, 2.24) is 19.7 Å². The maximum absolute atomic E-state index is 13.8. The van der Waals surface area contributed by atoms with E-state index >= 15 is 0 Å². The van der Waals surface area contributed by atoms with Crippen LogP contribution in [0.15, 0.2) is 36.5 Å². The van der Waals surface area contributed by atoms with Crippen LogP contribution in [0.25, 0.3) is 11.0 Å². The molecule has 3 aromatic rings. The van der Waals surface area contributed by atoms with Crippen LogP contribution in [-0.2, 0) is 6.42 Å². The number of benzene rings is 1. The molecule has 0 aliphatic heterocycles. The van der Waals surface area contributed by atoms with E-state index in [-0.39, 0.29) is 18.0 Å². The Balaban J connectivity index is 1.56. The van der Waals surface area contributed by atoms with Crippen LogP contribution in [0.1, 0.15) is 78.8 Å². The fraction of sp³-hybridized carbons (Fsp3) is 0.458. The van der Waals surface area contributed by atoms with Crippen LogP contribution < -0.4 is 0 Å². The van der Waals surface area contributed by atoms with Crippen molar-refractivity contribution in [2.45, 2.75) is 71.0 Å². The fourth-order valence-corrected chi connectivity index (χ4v) is 4.73. The molecule has 2 aromatic heterocycles. The number of carbonyl (C=O) groups excluding carboxylic acids is 1. The molecule has 0 bridgehead atoms. The molecule has 0 radical (unpaired) electrons. The minimum Gasteiger partial charge on any atom is -0.329 e. The van der Waals surface area contributed by atoms with Gasteiger partial charge in [-0.25, -0.2) is 9.67 Å². The van der Waals surface area contributed by atoms with Gasteiger partial charge in [0.25, 0.3) is 5.91 Å². The topological polar surface area (TPSA) is 51.0 Å². The van der Waals surface area contributed by atoms with Crippen LogP contribution in [0.3, 0.4) is 0 Å². The van der Waals surface area contributed by atoms with Crippen molar-refractivity contribution in [2.75, 3.05) is 0 Å². The quantitative estimate of drug-likeness (QED) is 0.632. The first kappa shape index (κ1) is 18.3. The second-order valence-electron chi connectivity index (χ2n) is 8.77. The van der Waals surface area contributed by atoms with Gasteiger partial charge in [0, 0.05) is 17.5 Å². The minimum absolute atomic E-state index is 0.124. The van der Waals surface area contributed by atoms with Gasteiger partial charge in [-0.2, -0.15) is 5.10 Å². The molecular formula is C24H28N4O. The zero-order valence-corrected chi connectivity index (χ0v) is 17.4. The Bertz CT molecular complexity index is 1080.